The number of nitrogens with two attached hydrogens (primary N) is 1. The number of hydrogen-bond acceptors (Lipinski definition) is 6. The zero-order valence-corrected chi connectivity index (χ0v) is 19.3. The van der Waals surface area contributed by atoms with E-state index in [1.165, 1.54) is 0 Å². The number of carbonyl (C=O) groups is 1. The number of amides is 1. The van der Waals surface area contributed by atoms with E-state index in [4.69, 9.17) is 25.0 Å². The van der Waals surface area contributed by atoms with Crippen LogP contribution in [0.3, 0.4) is 0 Å². The molecule has 8 nitrogen and oxygen atoms in total. The second-order valence-electron chi connectivity index (χ2n) is 7.98. The molecule has 0 radical (unpaired) electrons. The Morgan fingerprint density at radius 3 is 2.73 bits per heavy atom. The Balaban J connectivity index is 1.65. The molecule has 0 saturated carbocycles. The van der Waals surface area contributed by atoms with Gasteiger partial charge in [-0.05, 0) is 43.2 Å². The fourth-order valence-corrected chi connectivity index (χ4v) is 4.00. The summed E-state index contributed by atoms with van der Waals surface area (Å²) < 4.78 is 19.1. The minimum absolute atomic E-state index is 0.204. The number of hydrogen-bond donors (Lipinski definition) is 2. The summed E-state index contributed by atoms with van der Waals surface area (Å²) in [5, 5.41) is 8.14. The second kappa shape index (κ2) is 9.85. The lowest BCUT2D eigenvalue weighted by atomic mass is 10.1. The molecule has 0 fully saturated rings. The van der Waals surface area contributed by atoms with Crippen molar-refractivity contribution in [2.24, 2.45) is 12.8 Å². The van der Waals surface area contributed by atoms with Gasteiger partial charge in [0.05, 0.1) is 18.9 Å². The number of ether oxygens (including phenoxy) is 3. The van der Waals surface area contributed by atoms with E-state index in [9.17, 15) is 4.79 Å². The van der Waals surface area contributed by atoms with Crippen LogP contribution in [0.4, 0.5) is 11.5 Å². The maximum absolute atomic E-state index is 11.3. The van der Waals surface area contributed by atoms with Gasteiger partial charge < -0.3 is 25.3 Å². The molecule has 0 atom stereocenters. The maximum Gasteiger partial charge on any atom is 0.255 e. The predicted molar refractivity (Wildman–Crippen MR) is 127 cm³/mol. The fourth-order valence-electron chi connectivity index (χ4n) is 4.00. The Morgan fingerprint density at radius 2 is 1.97 bits per heavy atom. The number of fused-ring (bicyclic) bond motifs is 3. The lowest BCUT2D eigenvalue weighted by Crippen LogP contribution is -2.20. The molecule has 174 valence electrons. The van der Waals surface area contributed by atoms with E-state index >= 15 is 0 Å². The van der Waals surface area contributed by atoms with Gasteiger partial charge in [-0.1, -0.05) is 19.4 Å². The van der Waals surface area contributed by atoms with E-state index in [1.54, 1.807) is 0 Å². The number of anilines is 2. The van der Waals surface area contributed by atoms with Crippen molar-refractivity contribution in [3.63, 3.8) is 0 Å². The van der Waals surface area contributed by atoms with E-state index in [-0.39, 0.29) is 6.61 Å². The first-order valence-corrected chi connectivity index (χ1v) is 11.3. The van der Waals surface area contributed by atoms with Crippen molar-refractivity contribution in [2.45, 2.75) is 33.1 Å². The summed E-state index contributed by atoms with van der Waals surface area (Å²) in [5.74, 6) is 2.21. The first-order valence-electron chi connectivity index (χ1n) is 11.3. The van der Waals surface area contributed by atoms with Crippen LogP contribution in [-0.4, -0.2) is 35.5 Å². The molecule has 0 aliphatic heterocycles. The van der Waals surface area contributed by atoms with Crippen LogP contribution in [0.1, 0.15) is 37.8 Å². The van der Waals surface area contributed by atoms with Gasteiger partial charge in [-0.2, -0.15) is 5.10 Å². The van der Waals surface area contributed by atoms with Crippen LogP contribution < -0.4 is 25.3 Å². The average Bonchev–Trinajstić information content (AvgIpc) is 3.29. The molecule has 1 aliphatic rings. The van der Waals surface area contributed by atoms with Crippen molar-refractivity contribution in [1.82, 2.24) is 9.78 Å². The summed E-state index contributed by atoms with van der Waals surface area (Å²) in [7, 11) is 1.92. The Kier molecular flexibility index (Phi) is 6.72. The highest BCUT2D eigenvalue weighted by Crippen LogP contribution is 2.45. The van der Waals surface area contributed by atoms with Gasteiger partial charge in [0.1, 0.15) is 5.75 Å². The molecule has 3 N–H and O–H groups in total. The molecule has 8 heteroatoms. The van der Waals surface area contributed by atoms with Crippen molar-refractivity contribution in [2.75, 3.05) is 25.1 Å². The zero-order chi connectivity index (χ0) is 23.4. The van der Waals surface area contributed by atoms with Gasteiger partial charge in [0, 0.05) is 36.3 Å². The summed E-state index contributed by atoms with van der Waals surface area (Å²) in [6, 6.07) is 11.8. The number of aryl methyl sites for hydroxylation is 1. The number of nitrogens with zero attached hydrogens (tertiary/aromatic N) is 2. The quantitative estimate of drug-likeness (QED) is 0.333. The monoisotopic (exact) mass is 450 g/mol. The summed E-state index contributed by atoms with van der Waals surface area (Å²) in [6.07, 6.45) is 2.68. The molecule has 2 aromatic carbocycles. The lowest BCUT2D eigenvalue weighted by molar-refractivity contribution is -0.119. The molecular formula is C25H30N4O4. The van der Waals surface area contributed by atoms with Crippen molar-refractivity contribution < 1.29 is 19.0 Å². The number of carbonyl (C=O) groups excluding carboxylic acids is 1. The highest BCUT2D eigenvalue weighted by atomic mass is 16.5. The fraction of sp³-hybridized carbons (Fsp3) is 0.360. The number of primary amides is 1. The van der Waals surface area contributed by atoms with Gasteiger partial charge in [0.15, 0.2) is 23.9 Å². The minimum atomic E-state index is -0.531. The molecular weight excluding hydrogens is 420 g/mol. The predicted octanol–water partition coefficient (Wildman–Crippen LogP) is 4.18. The average molecular weight is 451 g/mol. The number of aromatic nitrogens is 2. The van der Waals surface area contributed by atoms with Gasteiger partial charge in [0.25, 0.3) is 5.91 Å². The number of unbranched alkanes of at least 4 members (excludes halogenated alkanes) is 1. The van der Waals surface area contributed by atoms with E-state index in [2.05, 4.69) is 12.2 Å². The summed E-state index contributed by atoms with van der Waals surface area (Å²) >= 11 is 0. The number of rotatable bonds is 11. The molecule has 1 heterocycles. The third-order valence-corrected chi connectivity index (χ3v) is 5.47. The highest BCUT2D eigenvalue weighted by Gasteiger charge is 2.29. The summed E-state index contributed by atoms with van der Waals surface area (Å²) in [4.78, 5) is 11.3. The highest BCUT2D eigenvalue weighted by molar-refractivity contribution is 5.82. The molecule has 1 aromatic heterocycles. The lowest BCUT2D eigenvalue weighted by Gasteiger charge is -2.14. The van der Waals surface area contributed by atoms with Crippen molar-refractivity contribution in [3.8, 4) is 28.5 Å². The van der Waals surface area contributed by atoms with Gasteiger partial charge >= 0.3 is 0 Å². The normalized spacial score (nSPS) is 11.6. The Labute approximate surface area is 193 Å². The van der Waals surface area contributed by atoms with Gasteiger partial charge in [-0.25, -0.2) is 0 Å². The minimum Gasteiger partial charge on any atom is -0.494 e. The van der Waals surface area contributed by atoms with Crippen molar-refractivity contribution in [3.05, 3.63) is 47.5 Å². The van der Waals surface area contributed by atoms with Crippen LogP contribution in [0, 0.1) is 0 Å². The third kappa shape index (κ3) is 4.89. The van der Waals surface area contributed by atoms with E-state index < -0.39 is 5.91 Å². The Hall–Kier alpha value is -3.68. The first kappa shape index (κ1) is 22.5. The smallest absolute Gasteiger partial charge is 0.255 e. The summed E-state index contributed by atoms with van der Waals surface area (Å²) in [6.45, 7) is 5.06. The maximum atomic E-state index is 11.3. The van der Waals surface area contributed by atoms with E-state index in [0.717, 1.165) is 52.5 Å². The molecule has 3 aromatic rings. The molecule has 0 saturated heterocycles. The molecule has 1 aliphatic carbocycles. The zero-order valence-electron chi connectivity index (χ0n) is 19.3. The number of nitrogens with one attached hydrogen (secondary N) is 1. The first-order chi connectivity index (χ1) is 16.0. The van der Waals surface area contributed by atoms with Crippen LogP contribution in [0.2, 0.25) is 0 Å². The van der Waals surface area contributed by atoms with E-state index in [0.29, 0.717) is 31.1 Å². The van der Waals surface area contributed by atoms with Crippen LogP contribution in [0.5, 0.6) is 17.2 Å². The summed E-state index contributed by atoms with van der Waals surface area (Å²) in [5.41, 5.74) is 10.5. The molecule has 0 bridgehead atoms. The largest absolute Gasteiger partial charge is 0.494 e. The third-order valence-electron chi connectivity index (χ3n) is 5.47. The van der Waals surface area contributed by atoms with Crippen LogP contribution in [0.15, 0.2) is 36.4 Å². The second-order valence-corrected chi connectivity index (χ2v) is 7.98. The van der Waals surface area contributed by atoms with E-state index in [1.807, 2.05) is 55.1 Å². The Morgan fingerprint density at radius 1 is 1.15 bits per heavy atom. The van der Waals surface area contributed by atoms with Crippen LogP contribution in [0.25, 0.3) is 11.3 Å². The Bertz CT molecular complexity index is 1160. The van der Waals surface area contributed by atoms with Crippen LogP contribution >= 0.6 is 0 Å². The molecule has 4 rings (SSSR count). The van der Waals surface area contributed by atoms with Crippen molar-refractivity contribution >= 4 is 17.4 Å². The van der Waals surface area contributed by atoms with Gasteiger partial charge in [-0.3, -0.25) is 9.48 Å². The topological polar surface area (TPSA) is 101 Å². The van der Waals surface area contributed by atoms with Gasteiger partial charge in [-0.15, -0.1) is 0 Å². The number of benzene rings is 2. The molecule has 0 unspecified atom stereocenters. The standard InChI is InChI=1S/C25H30N4O4/c1-4-6-10-32-21-12-16-11-20-24(19(16)14-22(21)33-15-23(26)30)29(3)28-25(20)27-17-8-7-9-18(13-17)31-5-2/h7-9,12-14H,4-6,10-11,15H2,1-3H3,(H2,26,30)(H,27,28). The molecule has 1 amide bonds. The molecule has 33 heavy (non-hydrogen) atoms. The van der Waals surface area contributed by atoms with Crippen molar-refractivity contribution in [1.29, 1.82) is 0 Å². The molecule has 0 spiro atoms. The van der Waals surface area contributed by atoms with Crippen LogP contribution in [-0.2, 0) is 18.3 Å². The SMILES string of the molecule is CCCCOc1cc2c(cc1OCC(N)=O)-c1c(c(Nc3cccc(OCC)c3)nn1C)C2. The van der Waals surface area contributed by atoms with Gasteiger partial charge in [0.2, 0.25) is 0 Å².